The van der Waals surface area contributed by atoms with Crippen LogP contribution in [0.2, 0.25) is 0 Å². The van der Waals surface area contributed by atoms with Crippen LogP contribution >= 0.6 is 0 Å². The van der Waals surface area contributed by atoms with E-state index in [2.05, 4.69) is 23.6 Å². The number of fused-ring (bicyclic) bond motifs is 1. The highest BCUT2D eigenvalue weighted by Gasteiger charge is 2.38. The van der Waals surface area contributed by atoms with Gasteiger partial charge in [0.1, 0.15) is 0 Å². The summed E-state index contributed by atoms with van der Waals surface area (Å²) < 4.78 is 0. The quantitative estimate of drug-likeness (QED) is 0.771. The van der Waals surface area contributed by atoms with E-state index in [1.165, 1.54) is 71.1 Å². The molecule has 2 aliphatic heterocycles. The summed E-state index contributed by atoms with van der Waals surface area (Å²) in [7, 11) is 0. The van der Waals surface area contributed by atoms with Gasteiger partial charge in [-0.25, -0.2) is 0 Å². The first-order valence-electron chi connectivity index (χ1n) is 8.72. The van der Waals surface area contributed by atoms with E-state index >= 15 is 0 Å². The Kier molecular flexibility index (Phi) is 4.48. The summed E-state index contributed by atoms with van der Waals surface area (Å²) in [5, 5.41) is 0. The van der Waals surface area contributed by atoms with Crippen molar-refractivity contribution in [3.63, 3.8) is 0 Å². The Morgan fingerprint density at radius 2 is 1.74 bits per heavy atom. The molecule has 2 saturated heterocycles. The Morgan fingerprint density at radius 3 is 2.47 bits per heavy atom. The van der Waals surface area contributed by atoms with Crippen molar-refractivity contribution in [3.8, 4) is 0 Å². The van der Waals surface area contributed by atoms with E-state index in [0.29, 0.717) is 0 Å². The van der Waals surface area contributed by atoms with Crippen molar-refractivity contribution in [1.82, 2.24) is 9.80 Å². The molecule has 0 bridgehead atoms. The number of rotatable bonds is 3. The third-order valence-corrected chi connectivity index (χ3v) is 5.82. The van der Waals surface area contributed by atoms with Crippen LogP contribution in [-0.2, 0) is 0 Å². The SMILES string of the molecule is CC(C)C1CN2CCCC2CN1CC1CCCCC1. The largest absolute Gasteiger partial charge is 0.298 e. The first-order chi connectivity index (χ1) is 9.24. The fraction of sp³-hybridized carbons (Fsp3) is 1.00. The number of hydrogen-bond acceptors (Lipinski definition) is 2. The fourth-order valence-corrected chi connectivity index (χ4v) is 4.65. The highest BCUT2D eigenvalue weighted by atomic mass is 15.3. The highest BCUT2D eigenvalue weighted by molar-refractivity contribution is 4.94. The minimum Gasteiger partial charge on any atom is -0.298 e. The minimum atomic E-state index is 0.810. The zero-order chi connectivity index (χ0) is 13.2. The summed E-state index contributed by atoms with van der Waals surface area (Å²) in [6.45, 7) is 10.3. The monoisotopic (exact) mass is 264 g/mol. The van der Waals surface area contributed by atoms with Gasteiger partial charge in [-0.2, -0.15) is 0 Å². The molecule has 0 N–H and O–H groups in total. The molecular weight excluding hydrogens is 232 g/mol. The van der Waals surface area contributed by atoms with Crippen LogP contribution in [0.3, 0.4) is 0 Å². The van der Waals surface area contributed by atoms with Crippen molar-refractivity contribution >= 4 is 0 Å². The van der Waals surface area contributed by atoms with Gasteiger partial charge in [0.15, 0.2) is 0 Å². The molecule has 110 valence electrons. The fourth-order valence-electron chi connectivity index (χ4n) is 4.65. The number of piperazine rings is 1. The van der Waals surface area contributed by atoms with Gasteiger partial charge in [-0.15, -0.1) is 0 Å². The summed E-state index contributed by atoms with van der Waals surface area (Å²) in [5.41, 5.74) is 0. The second kappa shape index (κ2) is 6.13. The van der Waals surface area contributed by atoms with Gasteiger partial charge < -0.3 is 0 Å². The van der Waals surface area contributed by atoms with Crippen molar-refractivity contribution in [3.05, 3.63) is 0 Å². The van der Waals surface area contributed by atoms with Gasteiger partial charge >= 0.3 is 0 Å². The molecule has 0 aromatic carbocycles. The first kappa shape index (κ1) is 13.9. The lowest BCUT2D eigenvalue weighted by Gasteiger charge is -2.47. The van der Waals surface area contributed by atoms with Gasteiger partial charge in [0.25, 0.3) is 0 Å². The van der Waals surface area contributed by atoms with E-state index in [0.717, 1.165) is 23.9 Å². The molecule has 19 heavy (non-hydrogen) atoms. The Bertz CT molecular complexity index is 283. The standard InChI is InChI=1S/C17H32N2/c1-14(2)17-13-18-10-6-9-16(18)12-19(17)11-15-7-4-3-5-8-15/h14-17H,3-13H2,1-2H3. The van der Waals surface area contributed by atoms with E-state index in [-0.39, 0.29) is 0 Å². The van der Waals surface area contributed by atoms with Crippen molar-refractivity contribution in [2.24, 2.45) is 11.8 Å². The van der Waals surface area contributed by atoms with Crippen LogP contribution in [0.4, 0.5) is 0 Å². The predicted molar refractivity (Wildman–Crippen MR) is 81.4 cm³/mol. The second-order valence-corrected chi connectivity index (χ2v) is 7.56. The zero-order valence-corrected chi connectivity index (χ0v) is 13.0. The zero-order valence-electron chi connectivity index (χ0n) is 13.0. The van der Waals surface area contributed by atoms with Crippen LogP contribution in [-0.4, -0.2) is 48.1 Å². The maximum atomic E-state index is 2.88. The van der Waals surface area contributed by atoms with Gasteiger partial charge in [0.2, 0.25) is 0 Å². The Hall–Kier alpha value is -0.0800. The normalized spacial score (nSPS) is 34.9. The number of hydrogen-bond donors (Lipinski definition) is 0. The Labute approximate surface area is 119 Å². The second-order valence-electron chi connectivity index (χ2n) is 7.56. The average molecular weight is 264 g/mol. The molecule has 0 amide bonds. The van der Waals surface area contributed by atoms with Gasteiger partial charge in [-0.1, -0.05) is 33.1 Å². The van der Waals surface area contributed by atoms with Gasteiger partial charge in [0.05, 0.1) is 0 Å². The molecule has 3 rings (SSSR count). The molecular formula is C17H32N2. The molecule has 2 unspecified atom stereocenters. The summed E-state index contributed by atoms with van der Waals surface area (Å²) in [4.78, 5) is 5.66. The molecule has 3 aliphatic rings. The Balaban J connectivity index is 1.62. The third-order valence-electron chi connectivity index (χ3n) is 5.82. The van der Waals surface area contributed by atoms with Crippen molar-refractivity contribution in [1.29, 1.82) is 0 Å². The third kappa shape index (κ3) is 3.16. The molecule has 2 atom stereocenters. The van der Waals surface area contributed by atoms with Gasteiger partial charge in [-0.3, -0.25) is 9.80 Å². The molecule has 0 aromatic rings. The molecule has 0 aromatic heterocycles. The molecule has 2 heteroatoms. The van der Waals surface area contributed by atoms with E-state index in [4.69, 9.17) is 0 Å². The minimum absolute atomic E-state index is 0.810. The highest BCUT2D eigenvalue weighted by Crippen LogP contribution is 2.31. The van der Waals surface area contributed by atoms with E-state index < -0.39 is 0 Å². The van der Waals surface area contributed by atoms with Crippen molar-refractivity contribution in [2.75, 3.05) is 26.2 Å². The topological polar surface area (TPSA) is 6.48 Å². The smallest absolute Gasteiger partial charge is 0.0247 e. The van der Waals surface area contributed by atoms with Crippen LogP contribution in [0.15, 0.2) is 0 Å². The first-order valence-corrected chi connectivity index (χ1v) is 8.72. The van der Waals surface area contributed by atoms with Crippen LogP contribution in [0, 0.1) is 11.8 Å². The molecule has 2 heterocycles. The van der Waals surface area contributed by atoms with Crippen LogP contribution < -0.4 is 0 Å². The lowest BCUT2D eigenvalue weighted by atomic mass is 9.87. The predicted octanol–water partition coefficient (Wildman–Crippen LogP) is 3.37. The van der Waals surface area contributed by atoms with Crippen LogP contribution in [0.25, 0.3) is 0 Å². The molecule has 0 spiro atoms. The summed E-state index contributed by atoms with van der Waals surface area (Å²) >= 11 is 0. The lowest BCUT2D eigenvalue weighted by molar-refractivity contribution is 0.0156. The van der Waals surface area contributed by atoms with Crippen LogP contribution in [0.1, 0.15) is 58.8 Å². The van der Waals surface area contributed by atoms with E-state index in [1.807, 2.05) is 0 Å². The lowest BCUT2D eigenvalue weighted by Crippen LogP contribution is -2.58. The van der Waals surface area contributed by atoms with Crippen LogP contribution in [0.5, 0.6) is 0 Å². The van der Waals surface area contributed by atoms with E-state index in [1.54, 1.807) is 0 Å². The maximum Gasteiger partial charge on any atom is 0.0247 e. The molecule has 1 aliphatic carbocycles. The van der Waals surface area contributed by atoms with E-state index in [9.17, 15) is 0 Å². The maximum absolute atomic E-state index is 2.88. The number of nitrogens with zero attached hydrogens (tertiary/aromatic N) is 2. The molecule has 2 nitrogen and oxygen atoms in total. The molecule has 0 radical (unpaired) electrons. The summed E-state index contributed by atoms with van der Waals surface area (Å²) in [5.74, 6) is 1.81. The van der Waals surface area contributed by atoms with Gasteiger partial charge in [0, 0.05) is 31.7 Å². The summed E-state index contributed by atoms with van der Waals surface area (Å²) in [6.07, 6.45) is 10.3. The van der Waals surface area contributed by atoms with Crippen molar-refractivity contribution < 1.29 is 0 Å². The average Bonchev–Trinajstić information content (AvgIpc) is 2.86. The summed E-state index contributed by atoms with van der Waals surface area (Å²) in [6, 6.07) is 1.70. The Morgan fingerprint density at radius 1 is 0.947 bits per heavy atom. The van der Waals surface area contributed by atoms with Crippen molar-refractivity contribution in [2.45, 2.75) is 70.9 Å². The molecule has 3 fully saturated rings. The molecule has 1 saturated carbocycles. The van der Waals surface area contributed by atoms with Gasteiger partial charge in [-0.05, 0) is 44.1 Å².